The second-order valence-electron chi connectivity index (χ2n) is 5.76. The Labute approximate surface area is 154 Å². The highest BCUT2D eigenvalue weighted by Crippen LogP contribution is 2.22. The number of fused-ring (bicyclic) bond motifs is 1. The number of benzene rings is 2. The van der Waals surface area contributed by atoms with E-state index in [0.29, 0.717) is 5.69 Å². The Bertz CT molecular complexity index is 878. The average molecular weight is 400 g/mol. The van der Waals surface area contributed by atoms with E-state index in [0.717, 1.165) is 20.9 Å². The third-order valence-corrected chi connectivity index (χ3v) is 4.45. The SMILES string of the molecule is C[C@@H](NC(=O)Nc1cccc2cccnc12)[C@H](O)c1ccc(Br)cc1. The fourth-order valence-electron chi connectivity index (χ4n) is 2.60. The number of hydrogen-bond acceptors (Lipinski definition) is 3. The molecule has 2 amide bonds. The number of nitrogens with zero attached hydrogens (tertiary/aromatic N) is 1. The molecule has 0 bridgehead atoms. The Kier molecular flexibility index (Phi) is 5.31. The van der Waals surface area contributed by atoms with Crippen LogP contribution in [0.2, 0.25) is 0 Å². The third-order valence-electron chi connectivity index (χ3n) is 3.92. The van der Waals surface area contributed by atoms with Gasteiger partial charge in [0.15, 0.2) is 0 Å². The Balaban J connectivity index is 1.68. The maximum Gasteiger partial charge on any atom is 0.319 e. The van der Waals surface area contributed by atoms with Gasteiger partial charge in [-0.3, -0.25) is 4.98 Å². The van der Waals surface area contributed by atoms with Gasteiger partial charge in [0.2, 0.25) is 0 Å². The molecule has 0 aliphatic carbocycles. The van der Waals surface area contributed by atoms with E-state index in [1.165, 1.54) is 0 Å². The Morgan fingerprint density at radius 1 is 1.12 bits per heavy atom. The first-order valence-electron chi connectivity index (χ1n) is 7.89. The van der Waals surface area contributed by atoms with Crippen LogP contribution in [0.1, 0.15) is 18.6 Å². The van der Waals surface area contributed by atoms with Gasteiger partial charge in [0.05, 0.1) is 23.3 Å². The lowest BCUT2D eigenvalue weighted by Gasteiger charge is -2.21. The average Bonchev–Trinajstić information content (AvgIpc) is 2.62. The summed E-state index contributed by atoms with van der Waals surface area (Å²) in [6.45, 7) is 1.76. The van der Waals surface area contributed by atoms with Crippen molar-refractivity contribution in [1.29, 1.82) is 0 Å². The maximum absolute atomic E-state index is 12.3. The maximum atomic E-state index is 12.3. The van der Waals surface area contributed by atoms with Crippen LogP contribution in [0.3, 0.4) is 0 Å². The molecular formula is C19H18BrN3O2. The van der Waals surface area contributed by atoms with Gasteiger partial charge >= 0.3 is 6.03 Å². The highest BCUT2D eigenvalue weighted by atomic mass is 79.9. The zero-order chi connectivity index (χ0) is 17.8. The molecule has 2 atom stereocenters. The van der Waals surface area contributed by atoms with Gasteiger partial charge in [-0.05, 0) is 36.8 Å². The number of hydrogen-bond donors (Lipinski definition) is 3. The number of carbonyl (C=O) groups excluding carboxylic acids is 1. The lowest BCUT2D eigenvalue weighted by molar-refractivity contribution is 0.139. The zero-order valence-corrected chi connectivity index (χ0v) is 15.2. The molecule has 25 heavy (non-hydrogen) atoms. The fourth-order valence-corrected chi connectivity index (χ4v) is 2.86. The molecule has 128 valence electrons. The molecule has 0 aliphatic rings. The van der Waals surface area contributed by atoms with Gasteiger partial charge in [-0.1, -0.05) is 46.3 Å². The van der Waals surface area contributed by atoms with Gasteiger partial charge in [-0.15, -0.1) is 0 Å². The summed E-state index contributed by atoms with van der Waals surface area (Å²) in [7, 11) is 0. The Morgan fingerprint density at radius 3 is 2.60 bits per heavy atom. The van der Waals surface area contributed by atoms with Crippen molar-refractivity contribution in [3.8, 4) is 0 Å². The molecule has 0 saturated carbocycles. The van der Waals surface area contributed by atoms with Crippen molar-refractivity contribution in [3.05, 3.63) is 70.8 Å². The minimum Gasteiger partial charge on any atom is -0.386 e. The highest BCUT2D eigenvalue weighted by molar-refractivity contribution is 9.10. The number of rotatable bonds is 4. The second-order valence-corrected chi connectivity index (χ2v) is 6.68. The van der Waals surface area contributed by atoms with E-state index in [9.17, 15) is 9.90 Å². The second kappa shape index (κ2) is 7.63. The summed E-state index contributed by atoms with van der Waals surface area (Å²) in [5.74, 6) is 0. The third kappa shape index (κ3) is 4.15. The minimum atomic E-state index is -0.801. The van der Waals surface area contributed by atoms with Gasteiger partial charge in [0, 0.05) is 16.1 Å². The van der Waals surface area contributed by atoms with Crippen LogP contribution in [0.5, 0.6) is 0 Å². The molecule has 3 rings (SSSR count). The number of carbonyl (C=O) groups is 1. The first-order valence-corrected chi connectivity index (χ1v) is 8.68. The summed E-state index contributed by atoms with van der Waals surface area (Å²) < 4.78 is 0.935. The first kappa shape index (κ1) is 17.4. The standard InChI is InChI=1S/C19H18BrN3O2/c1-12(18(24)14-7-9-15(20)10-8-14)22-19(25)23-16-6-2-4-13-5-3-11-21-17(13)16/h2-12,18,24H,1H3,(H2,22,23,25)/t12-,18+/m1/s1. The van der Waals surface area contributed by atoms with E-state index in [1.54, 1.807) is 19.2 Å². The number of urea groups is 1. The van der Waals surface area contributed by atoms with Crippen LogP contribution in [0.15, 0.2) is 65.3 Å². The van der Waals surface area contributed by atoms with Crippen molar-refractivity contribution < 1.29 is 9.90 Å². The van der Waals surface area contributed by atoms with Gasteiger partial charge in [0.25, 0.3) is 0 Å². The van der Waals surface area contributed by atoms with E-state index in [-0.39, 0.29) is 6.03 Å². The smallest absolute Gasteiger partial charge is 0.319 e. The van der Waals surface area contributed by atoms with Crippen LogP contribution in [-0.4, -0.2) is 22.2 Å². The highest BCUT2D eigenvalue weighted by Gasteiger charge is 2.18. The molecule has 3 aromatic rings. The van der Waals surface area contributed by atoms with E-state index in [1.807, 2.05) is 48.5 Å². The molecule has 1 aromatic heterocycles. The molecule has 0 fully saturated rings. The van der Waals surface area contributed by atoms with E-state index >= 15 is 0 Å². The van der Waals surface area contributed by atoms with Crippen molar-refractivity contribution in [1.82, 2.24) is 10.3 Å². The van der Waals surface area contributed by atoms with Crippen LogP contribution in [-0.2, 0) is 0 Å². The van der Waals surface area contributed by atoms with E-state index < -0.39 is 12.1 Å². The number of anilines is 1. The van der Waals surface area contributed by atoms with E-state index in [2.05, 4.69) is 31.5 Å². The van der Waals surface area contributed by atoms with Gasteiger partial charge in [0.1, 0.15) is 0 Å². The molecule has 6 heteroatoms. The summed E-state index contributed by atoms with van der Waals surface area (Å²) in [5, 5.41) is 16.9. The number of aromatic nitrogens is 1. The molecule has 5 nitrogen and oxygen atoms in total. The quantitative estimate of drug-likeness (QED) is 0.613. The van der Waals surface area contributed by atoms with Gasteiger partial charge in [-0.2, -0.15) is 0 Å². The summed E-state index contributed by atoms with van der Waals surface area (Å²) in [6.07, 6.45) is 0.884. The fraction of sp³-hybridized carbons (Fsp3) is 0.158. The summed E-state index contributed by atoms with van der Waals surface area (Å²) >= 11 is 3.36. The van der Waals surface area contributed by atoms with Crippen LogP contribution in [0.25, 0.3) is 10.9 Å². The van der Waals surface area contributed by atoms with Crippen LogP contribution in [0.4, 0.5) is 10.5 Å². The lowest BCUT2D eigenvalue weighted by atomic mass is 10.0. The topological polar surface area (TPSA) is 74.2 Å². The largest absolute Gasteiger partial charge is 0.386 e. The number of para-hydroxylation sites is 1. The molecule has 2 aromatic carbocycles. The number of halogens is 1. The summed E-state index contributed by atoms with van der Waals surface area (Å²) in [4.78, 5) is 16.6. The molecule has 1 heterocycles. The molecule has 0 unspecified atom stereocenters. The first-order chi connectivity index (χ1) is 12.0. The Morgan fingerprint density at radius 2 is 1.84 bits per heavy atom. The number of nitrogens with one attached hydrogen (secondary N) is 2. The lowest BCUT2D eigenvalue weighted by Crippen LogP contribution is -2.39. The monoisotopic (exact) mass is 399 g/mol. The Hall–Kier alpha value is -2.44. The molecule has 0 aliphatic heterocycles. The molecule has 3 N–H and O–H groups in total. The van der Waals surface area contributed by atoms with Crippen molar-refractivity contribution >= 4 is 38.6 Å². The molecule has 0 saturated heterocycles. The molecular weight excluding hydrogens is 382 g/mol. The number of pyridine rings is 1. The normalized spacial score (nSPS) is 13.2. The number of amides is 2. The predicted molar refractivity (Wildman–Crippen MR) is 102 cm³/mol. The van der Waals surface area contributed by atoms with Crippen molar-refractivity contribution in [2.75, 3.05) is 5.32 Å². The molecule has 0 spiro atoms. The number of aliphatic hydroxyl groups is 1. The summed E-state index contributed by atoms with van der Waals surface area (Å²) in [6, 6.07) is 15.9. The van der Waals surface area contributed by atoms with Gasteiger partial charge in [-0.25, -0.2) is 4.79 Å². The summed E-state index contributed by atoms with van der Waals surface area (Å²) in [5.41, 5.74) is 2.09. The van der Waals surface area contributed by atoms with Crippen LogP contribution in [0, 0.1) is 0 Å². The molecule has 0 radical (unpaired) electrons. The predicted octanol–water partition coefficient (Wildman–Crippen LogP) is 4.24. The minimum absolute atomic E-state index is 0.387. The van der Waals surface area contributed by atoms with Gasteiger partial charge < -0.3 is 15.7 Å². The number of aliphatic hydroxyl groups excluding tert-OH is 1. The zero-order valence-electron chi connectivity index (χ0n) is 13.6. The van der Waals surface area contributed by atoms with Crippen molar-refractivity contribution in [3.63, 3.8) is 0 Å². The van der Waals surface area contributed by atoms with Crippen molar-refractivity contribution in [2.45, 2.75) is 19.1 Å². The van der Waals surface area contributed by atoms with Crippen LogP contribution < -0.4 is 10.6 Å². The van der Waals surface area contributed by atoms with Crippen LogP contribution >= 0.6 is 15.9 Å². The van der Waals surface area contributed by atoms with E-state index in [4.69, 9.17) is 0 Å². The van der Waals surface area contributed by atoms with Crippen molar-refractivity contribution in [2.24, 2.45) is 0 Å².